The highest BCUT2D eigenvalue weighted by Crippen LogP contribution is 2.33. The minimum atomic E-state index is -0.772. The molecule has 3 rings (SSSR count). The Morgan fingerprint density at radius 1 is 0.842 bits per heavy atom. The van der Waals surface area contributed by atoms with E-state index < -0.39 is 6.23 Å². The van der Waals surface area contributed by atoms with Crippen molar-refractivity contribution in [1.82, 2.24) is 0 Å². The number of benzene rings is 2. The monoisotopic (exact) mass is 249 g/mol. The SMILES string of the molecule is OC1N=CCC(c2ccccc2)=C1c1ccccc1. The lowest BCUT2D eigenvalue weighted by Gasteiger charge is -2.21. The van der Waals surface area contributed by atoms with Crippen LogP contribution in [0.15, 0.2) is 65.7 Å². The molecule has 0 saturated heterocycles. The summed E-state index contributed by atoms with van der Waals surface area (Å²) < 4.78 is 0. The molecule has 0 fully saturated rings. The number of aliphatic hydroxyl groups excluding tert-OH is 1. The second-order valence-corrected chi connectivity index (χ2v) is 4.53. The summed E-state index contributed by atoms with van der Waals surface area (Å²) in [4.78, 5) is 4.14. The summed E-state index contributed by atoms with van der Waals surface area (Å²) in [5, 5.41) is 10.2. The van der Waals surface area contributed by atoms with Crippen molar-refractivity contribution in [1.29, 1.82) is 0 Å². The van der Waals surface area contributed by atoms with Crippen LogP contribution in [0.1, 0.15) is 17.5 Å². The van der Waals surface area contributed by atoms with Crippen LogP contribution in [0, 0.1) is 0 Å². The molecule has 94 valence electrons. The van der Waals surface area contributed by atoms with E-state index in [1.54, 1.807) is 6.21 Å². The van der Waals surface area contributed by atoms with Crippen LogP contribution in [0.2, 0.25) is 0 Å². The fourth-order valence-electron chi connectivity index (χ4n) is 2.44. The topological polar surface area (TPSA) is 32.6 Å². The molecule has 1 aliphatic heterocycles. The number of aliphatic imine (C=N–C) groups is 1. The van der Waals surface area contributed by atoms with Gasteiger partial charge >= 0.3 is 0 Å². The molecule has 2 heteroatoms. The molecule has 2 aromatic carbocycles. The van der Waals surface area contributed by atoms with Gasteiger partial charge in [0.05, 0.1) is 0 Å². The van der Waals surface area contributed by atoms with Gasteiger partial charge in [0.1, 0.15) is 0 Å². The van der Waals surface area contributed by atoms with Crippen molar-refractivity contribution in [2.45, 2.75) is 12.6 Å². The van der Waals surface area contributed by atoms with Gasteiger partial charge in [-0.25, -0.2) is 0 Å². The lowest BCUT2D eigenvalue weighted by atomic mass is 9.90. The van der Waals surface area contributed by atoms with Crippen LogP contribution in [-0.4, -0.2) is 17.5 Å². The molecule has 2 aromatic rings. The third kappa shape index (κ3) is 2.35. The average molecular weight is 249 g/mol. The second kappa shape index (κ2) is 5.21. The average Bonchev–Trinajstić information content (AvgIpc) is 2.49. The molecule has 1 unspecified atom stereocenters. The summed E-state index contributed by atoms with van der Waals surface area (Å²) in [5.41, 5.74) is 4.24. The zero-order valence-corrected chi connectivity index (χ0v) is 10.5. The predicted octanol–water partition coefficient (Wildman–Crippen LogP) is 3.39. The van der Waals surface area contributed by atoms with Crippen LogP contribution >= 0.6 is 0 Å². The molecule has 0 amide bonds. The van der Waals surface area contributed by atoms with Gasteiger partial charge in [0.2, 0.25) is 0 Å². The van der Waals surface area contributed by atoms with Crippen molar-refractivity contribution >= 4 is 17.4 Å². The van der Waals surface area contributed by atoms with E-state index in [2.05, 4.69) is 17.1 Å². The largest absolute Gasteiger partial charge is 0.368 e. The second-order valence-electron chi connectivity index (χ2n) is 4.53. The molecule has 1 heterocycles. The van der Waals surface area contributed by atoms with E-state index in [0.29, 0.717) is 0 Å². The highest BCUT2D eigenvalue weighted by molar-refractivity contribution is 5.99. The van der Waals surface area contributed by atoms with Crippen LogP contribution in [0.25, 0.3) is 11.1 Å². The summed E-state index contributed by atoms with van der Waals surface area (Å²) in [5.74, 6) is 0. The first-order chi connectivity index (χ1) is 9.36. The van der Waals surface area contributed by atoms with Crippen LogP contribution < -0.4 is 0 Å². The first kappa shape index (κ1) is 11.9. The Balaban J connectivity index is 2.16. The van der Waals surface area contributed by atoms with Gasteiger partial charge in [0.15, 0.2) is 6.23 Å². The van der Waals surface area contributed by atoms with Gasteiger partial charge in [0, 0.05) is 18.2 Å². The van der Waals surface area contributed by atoms with Gasteiger partial charge in [-0.2, -0.15) is 0 Å². The molecule has 2 nitrogen and oxygen atoms in total. The molecule has 0 aliphatic carbocycles. The zero-order chi connectivity index (χ0) is 13.1. The molecule has 0 spiro atoms. The van der Waals surface area contributed by atoms with Gasteiger partial charge < -0.3 is 5.11 Å². The van der Waals surface area contributed by atoms with Gasteiger partial charge in [-0.05, 0) is 16.7 Å². The fourth-order valence-corrected chi connectivity index (χ4v) is 2.44. The Morgan fingerprint density at radius 3 is 2.05 bits per heavy atom. The smallest absolute Gasteiger partial charge is 0.171 e. The Morgan fingerprint density at radius 2 is 1.42 bits per heavy atom. The number of dihydropyridines is 1. The fraction of sp³-hybridized carbons (Fsp3) is 0.118. The minimum absolute atomic E-state index is 0.755. The number of rotatable bonds is 2. The molecule has 19 heavy (non-hydrogen) atoms. The predicted molar refractivity (Wildman–Crippen MR) is 78.8 cm³/mol. The van der Waals surface area contributed by atoms with E-state index in [0.717, 1.165) is 28.7 Å². The van der Waals surface area contributed by atoms with Crippen molar-refractivity contribution < 1.29 is 5.11 Å². The third-order valence-electron chi connectivity index (χ3n) is 3.33. The molecule has 1 atom stereocenters. The number of aliphatic hydroxyl groups is 1. The van der Waals surface area contributed by atoms with E-state index in [1.165, 1.54) is 0 Å². The molecule has 0 bridgehead atoms. The van der Waals surface area contributed by atoms with E-state index in [9.17, 15) is 5.11 Å². The Bertz CT molecular complexity index is 614. The van der Waals surface area contributed by atoms with Crippen LogP contribution in [0.5, 0.6) is 0 Å². The van der Waals surface area contributed by atoms with Crippen molar-refractivity contribution in [3.8, 4) is 0 Å². The third-order valence-corrected chi connectivity index (χ3v) is 3.33. The molecule has 0 radical (unpaired) electrons. The Kier molecular flexibility index (Phi) is 3.25. The lowest BCUT2D eigenvalue weighted by Crippen LogP contribution is -2.13. The maximum Gasteiger partial charge on any atom is 0.171 e. The number of hydrogen-bond acceptors (Lipinski definition) is 2. The minimum Gasteiger partial charge on any atom is -0.368 e. The standard InChI is InChI=1S/C17H15NO/c19-17-16(14-9-5-2-6-10-14)15(11-12-18-17)13-7-3-1-4-8-13/h1-10,12,17,19H,11H2. The molecule has 1 N–H and O–H groups in total. The number of hydrogen-bond donors (Lipinski definition) is 1. The first-order valence-electron chi connectivity index (χ1n) is 6.40. The maximum atomic E-state index is 10.2. The van der Waals surface area contributed by atoms with Crippen LogP contribution in [-0.2, 0) is 0 Å². The summed E-state index contributed by atoms with van der Waals surface area (Å²) in [6.07, 6.45) is 1.77. The number of nitrogens with zero attached hydrogens (tertiary/aromatic N) is 1. The molecule has 0 aromatic heterocycles. The summed E-state index contributed by atoms with van der Waals surface area (Å²) in [7, 11) is 0. The molecular formula is C17H15NO. The van der Waals surface area contributed by atoms with Gasteiger partial charge in [0.25, 0.3) is 0 Å². The highest BCUT2D eigenvalue weighted by atomic mass is 16.3. The molecule has 1 aliphatic rings. The lowest BCUT2D eigenvalue weighted by molar-refractivity contribution is 0.243. The number of allylic oxidation sites excluding steroid dienone is 1. The van der Waals surface area contributed by atoms with Crippen molar-refractivity contribution in [3.63, 3.8) is 0 Å². The van der Waals surface area contributed by atoms with Gasteiger partial charge in [-0.15, -0.1) is 0 Å². The van der Waals surface area contributed by atoms with Crippen molar-refractivity contribution in [3.05, 3.63) is 71.8 Å². The summed E-state index contributed by atoms with van der Waals surface area (Å²) >= 11 is 0. The Labute approximate surface area is 112 Å². The van der Waals surface area contributed by atoms with E-state index in [1.807, 2.05) is 48.5 Å². The highest BCUT2D eigenvalue weighted by Gasteiger charge is 2.20. The van der Waals surface area contributed by atoms with Crippen LogP contribution in [0.3, 0.4) is 0 Å². The Hall–Kier alpha value is -2.19. The molecular weight excluding hydrogens is 234 g/mol. The van der Waals surface area contributed by atoms with E-state index >= 15 is 0 Å². The normalized spacial score (nSPS) is 18.7. The van der Waals surface area contributed by atoms with E-state index in [4.69, 9.17) is 0 Å². The maximum absolute atomic E-state index is 10.2. The summed E-state index contributed by atoms with van der Waals surface area (Å²) in [6.45, 7) is 0. The quantitative estimate of drug-likeness (QED) is 0.869. The molecule has 0 saturated carbocycles. The van der Waals surface area contributed by atoms with Gasteiger partial charge in [-0.1, -0.05) is 60.7 Å². The van der Waals surface area contributed by atoms with Crippen molar-refractivity contribution in [2.24, 2.45) is 4.99 Å². The van der Waals surface area contributed by atoms with Crippen molar-refractivity contribution in [2.75, 3.05) is 0 Å². The summed E-state index contributed by atoms with van der Waals surface area (Å²) in [6, 6.07) is 20.2. The zero-order valence-electron chi connectivity index (χ0n) is 10.5. The van der Waals surface area contributed by atoms with Crippen LogP contribution in [0.4, 0.5) is 0 Å². The van der Waals surface area contributed by atoms with E-state index in [-0.39, 0.29) is 0 Å². The van der Waals surface area contributed by atoms with Gasteiger partial charge in [-0.3, -0.25) is 4.99 Å². The first-order valence-corrected chi connectivity index (χ1v) is 6.40.